The van der Waals surface area contributed by atoms with Crippen LogP contribution in [-0.4, -0.2) is 20.5 Å². The Morgan fingerprint density at radius 2 is 1.53 bits per heavy atom. The summed E-state index contributed by atoms with van der Waals surface area (Å²) in [5.74, 6) is 1.34. The quantitative estimate of drug-likeness (QED) is 0.652. The lowest BCUT2D eigenvalue weighted by atomic mass is 9.67. The molecular weight excluding hydrogens is 188 g/mol. The molecule has 0 N–H and O–H groups in total. The molecule has 0 radical (unpaired) electrons. The Balaban J connectivity index is 2.84. The predicted molar refractivity (Wildman–Crippen MR) is 62.7 cm³/mol. The van der Waals surface area contributed by atoms with Gasteiger partial charge >= 0.3 is 0 Å². The van der Waals surface area contributed by atoms with Gasteiger partial charge in [0.2, 0.25) is 0 Å². The van der Waals surface area contributed by atoms with Crippen molar-refractivity contribution in [2.75, 3.05) is 14.2 Å². The van der Waals surface area contributed by atoms with Crippen LogP contribution >= 0.6 is 0 Å². The maximum absolute atomic E-state index is 5.52. The van der Waals surface area contributed by atoms with Crippen LogP contribution in [0, 0.1) is 17.3 Å². The van der Waals surface area contributed by atoms with Crippen molar-refractivity contribution in [3.63, 3.8) is 0 Å². The van der Waals surface area contributed by atoms with Crippen LogP contribution in [0.1, 0.15) is 46.5 Å². The van der Waals surface area contributed by atoms with Crippen LogP contribution in [0.15, 0.2) is 0 Å². The minimum Gasteiger partial charge on any atom is -0.355 e. The van der Waals surface area contributed by atoms with Crippen molar-refractivity contribution in [2.45, 2.75) is 52.7 Å². The Kier molecular flexibility index (Phi) is 4.60. The van der Waals surface area contributed by atoms with E-state index in [2.05, 4.69) is 20.8 Å². The predicted octanol–water partition coefficient (Wildman–Crippen LogP) is 3.46. The maximum Gasteiger partial charge on any atom is 0.162 e. The molecule has 1 aliphatic carbocycles. The first-order chi connectivity index (χ1) is 7.07. The molecule has 15 heavy (non-hydrogen) atoms. The van der Waals surface area contributed by atoms with Crippen molar-refractivity contribution in [3.8, 4) is 0 Å². The standard InChI is InChI=1S/C13H26O2/c1-10(2)13(3,12(14-4)15-5)11-8-6-7-9-11/h10-12H,6-9H2,1-5H3. The third kappa shape index (κ3) is 2.36. The SMILES string of the molecule is COC(OC)C(C)(C(C)C)C1CCCC1. The third-order valence-electron chi connectivity index (χ3n) is 4.41. The van der Waals surface area contributed by atoms with Crippen molar-refractivity contribution >= 4 is 0 Å². The lowest BCUT2D eigenvalue weighted by Gasteiger charge is -2.44. The summed E-state index contributed by atoms with van der Waals surface area (Å²) in [6, 6.07) is 0. The van der Waals surface area contributed by atoms with E-state index in [0.29, 0.717) is 5.92 Å². The first-order valence-corrected chi connectivity index (χ1v) is 6.13. The molecule has 1 fully saturated rings. The number of methoxy groups -OCH3 is 2. The van der Waals surface area contributed by atoms with E-state index in [4.69, 9.17) is 9.47 Å². The molecule has 0 heterocycles. The van der Waals surface area contributed by atoms with Gasteiger partial charge in [0.05, 0.1) is 0 Å². The van der Waals surface area contributed by atoms with Crippen LogP contribution in [0.4, 0.5) is 0 Å². The molecule has 1 unspecified atom stereocenters. The average molecular weight is 214 g/mol. The van der Waals surface area contributed by atoms with Gasteiger partial charge in [0.1, 0.15) is 0 Å². The van der Waals surface area contributed by atoms with Gasteiger partial charge in [-0.25, -0.2) is 0 Å². The highest BCUT2D eigenvalue weighted by atomic mass is 16.7. The van der Waals surface area contributed by atoms with E-state index in [9.17, 15) is 0 Å². The zero-order valence-corrected chi connectivity index (χ0v) is 10.9. The summed E-state index contributed by atoms with van der Waals surface area (Å²) in [7, 11) is 3.51. The fraction of sp³-hybridized carbons (Fsp3) is 1.00. The fourth-order valence-corrected chi connectivity index (χ4v) is 3.09. The molecular formula is C13H26O2. The van der Waals surface area contributed by atoms with Gasteiger partial charge in [-0.05, 0) is 24.7 Å². The first kappa shape index (κ1) is 13.0. The van der Waals surface area contributed by atoms with Gasteiger partial charge in [0, 0.05) is 19.6 Å². The average Bonchev–Trinajstić information content (AvgIpc) is 2.72. The lowest BCUT2D eigenvalue weighted by Crippen LogP contribution is -2.44. The lowest BCUT2D eigenvalue weighted by molar-refractivity contribution is -0.205. The van der Waals surface area contributed by atoms with Gasteiger partial charge in [0.25, 0.3) is 0 Å². The topological polar surface area (TPSA) is 18.5 Å². The van der Waals surface area contributed by atoms with Gasteiger partial charge in [-0.15, -0.1) is 0 Å². The Labute approximate surface area is 94.3 Å². The second kappa shape index (κ2) is 5.31. The Morgan fingerprint density at radius 1 is 1.07 bits per heavy atom. The molecule has 0 saturated heterocycles. The highest BCUT2D eigenvalue weighted by Gasteiger charge is 2.45. The van der Waals surface area contributed by atoms with Gasteiger partial charge in [-0.3, -0.25) is 0 Å². The Bertz CT molecular complexity index is 177. The summed E-state index contributed by atoms with van der Waals surface area (Å²) >= 11 is 0. The molecule has 1 aliphatic rings. The summed E-state index contributed by atoms with van der Waals surface area (Å²) in [6.07, 6.45) is 5.33. The van der Waals surface area contributed by atoms with E-state index >= 15 is 0 Å². The normalized spacial score (nSPS) is 22.6. The molecule has 90 valence electrons. The molecule has 0 aromatic rings. The molecule has 0 aromatic carbocycles. The molecule has 0 aromatic heterocycles. The van der Waals surface area contributed by atoms with Crippen LogP contribution in [0.5, 0.6) is 0 Å². The zero-order valence-electron chi connectivity index (χ0n) is 10.9. The van der Waals surface area contributed by atoms with E-state index in [-0.39, 0.29) is 11.7 Å². The Morgan fingerprint density at radius 3 is 1.87 bits per heavy atom. The third-order valence-corrected chi connectivity index (χ3v) is 4.41. The summed E-state index contributed by atoms with van der Waals surface area (Å²) < 4.78 is 11.0. The summed E-state index contributed by atoms with van der Waals surface area (Å²) in [6.45, 7) is 6.89. The minimum atomic E-state index is -0.0689. The largest absolute Gasteiger partial charge is 0.355 e. The first-order valence-electron chi connectivity index (χ1n) is 6.13. The molecule has 1 saturated carbocycles. The van der Waals surface area contributed by atoms with Crippen molar-refractivity contribution < 1.29 is 9.47 Å². The van der Waals surface area contributed by atoms with E-state index in [1.165, 1.54) is 25.7 Å². The monoisotopic (exact) mass is 214 g/mol. The maximum atomic E-state index is 5.52. The summed E-state index contributed by atoms with van der Waals surface area (Å²) in [5.41, 5.74) is 0.153. The van der Waals surface area contributed by atoms with Crippen LogP contribution < -0.4 is 0 Å². The van der Waals surface area contributed by atoms with E-state index < -0.39 is 0 Å². The summed E-state index contributed by atoms with van der Waals surface area (Å²) in [4.78, 5) is 0. The van der Waals surface area contributed by atoms with Crippen LogP contribution in [-0.2, 0) is 9.47 Å². The molecule has 2 nitrogen and oxygen atoms in total. The van der Waals surface area contributed by atoms with Crippen molar-refractivity contribution in [3.05, 3.63) is 0 Å². The zero-order chi connectivity index (χ0) is 11.5. The second-order valence-electron chi connectivity index (χ2n) is 5.31. The number of hydrogen-bond donors (Lipinski definition) is 0. The van der Waals surface area contributed by atoms with Crippen LogP contribution in [0.3, 0.4) is 0 Å². The van der Waals surface area contributed by atoms with Gasteiger partial charge in [0.15, 0.2) is 6.29 Å². The molecule has 1 rings (SSSR count). The summed E-state index contributed by atoms with van der Waals surface area (Å²) in [5, 5.41) is 0. The van der Waals surface area contributed by atoms with Crippen LogP contribution in [0.25, 0.3) is 0 Å². The second-order valence-corrected chi connectivity index (χ2v) is 5.31. The highest BCUT2D eigenvalue weighted by molar-refractivity contribution is 4.90. The molecule has 1 atom stereocenters. The molecule has 0 amide bonds. The number of ether oxygens (including phenoxy) is 2. The molecule has 2 heteroatoms. The van der Waals surface area contributed by atoms with Crippen molar-refractivity contribution in [2.24, 2.45) is 17.3 Å². The fourth-order valence-electron chi connectivity index (χ4n) is 3.09. The van der Waals surface area contributed by atoms with E-state index in [0.717, 1.165) is 5.92 Å². The van der Waals surface area contributed by atoms with Gasteiger partial charge < -0.3 is 9.47 Å². The smallest absolute Gasteiger partial charge is 0.162 e. The van der Waals surface area contributed by atoms with Crippen LogP contribution in [0.2, 0.25) is 0 Å². The number of hydrogen-bond acceptors (Lipinski definition) is 2. The Hall–Kier alpha value is -0.0800. The van der Waals surface area contributed by atoms with E-state index in [1.807, 2.05) is 0 Å². The number of rotatable bonds is 5. The minimum absolute atomic E-state index is 0.0689. The van der Waals surface area contributed by atoms with E-state index in [1.54, 1.807) is 14.2 Å². The molecule has 0 spiro atoms. The highest BCUT2D eigenvalue weighted by Crippen LogP contribution is 2.47. The molecule has 0 bridgehead atoms. The van der Waals surface area contributed by atoms with Crippen molar-refractivity contribution in [1.82, 2.24) is 0 Å². The molecule has 0 aliphatic heterocycles. The van der Waals surface area contributed by atoms with Gasteiger partial charge in [-0.1, -0.05) is 33.6 Å². The van der Waals surface area contributed by atoms with Gasteiger partial charge in [-0.2, -0.15) is 0 Å². The van der Waals surface area contributed by atoms with Crippen molar-refractivity contribution in [1.29, 1.82) is 0 Å².